The molecule has 4 heteroatoms. The molecule has 10 aromatic rings. The first kappa shape index (κ1) is 34.1. The first-order valence-electron chi connectivity index (χ1n) is 19.9. The summed E-state index contributed by atoms with van der Waals surface area (Å²) < 4.78 is 6.41. The van der Waals surface area contributed by atoms with Gasteiger partial charge >= 0.3 is 0 Å². The van der Waals surface area contributed by atoms with Gasteiger partial charge in [-0.3, -0.25) is 0 Å². The second-order valence-electron chi connectivity index (χ2n) is 15.8. The lowest BCUT2D eigenvalue weighted by Gasteiger charge is -2.19. The molecule has 0 bridgehead atoms. The van der Waals surface area contributed by atoms with Gasteiger partial charge in [0.1, 0.15) is 19.2 Å². The van der Waals surface area contributed by atoms with Gasteiger partial charge in [0.15, 0.2) is 5.82 Å². The number of hydrogen-bond acceptors (Lipinski definition) is 3. The van der Waals surface area contributed by atoms with Crippen molar-refractivity contribution in [3.8, 4) is 78.3 Å². The van der Waals surface area contributed by atoms with Gasteiger partial charge in [-0.25, -0.2) is 9.97 Å². The monoisotopic (exact) mass is 758 g/mol. The Balaban J connectivity index is 0.992. The Kier molecular flexibility index (Phi) is 7.95. The summed E-state index contributed by atoms with van der Waals surface area (Å²) in [5.74, 6) is 0.757. The van der Waals surface area contributed by atoms with Crippen LogP contribution in [0.1, 0.15) is 0 Å². The molecule has 3 nitrogen and oxygen atoms in total. The molecular weight excluding hydrogens is 721 g/mol. The highest BCUT2D eigenvalue weighted by Gasteiger charge is 2.41. The number of rotatable bonds is 6. The molecule has 8 aromatic carbocycles. The Morgan fingerprint density at radius 1 is 0.397 bits per heavy atom. The van der Waals surface area contributed by atoms with Crippen molar-refractivity contribution in [1.82, 2.24) is 9.97 Å². The molecule has 0 atom stereocenters. The molecule has 0 saturated heterocycles. The summed E-state index contributed by atoms with van der Waals surface area (Å²) in [6, 6.07) is 69.3. The van der Waals surface area contributed by atoms with E-state index in [1.165, 1.54) is 43.9 Å². The van der Waals surface area contributed by atoms with Crippen LogP contribution in [0.25, 0.3) is 100 Å². The van der Waals surface area contributed by atoms with E-state index in [2.05, 4.69) is 195 Å². The van der Waals surface area contributed by atoms with Gasteiger partial charge in [-0.15, -0.1) is 0 Å². The van der Waals surface area contributed by atoms with Crippen LogP contribution in [0.2, 0.25) is 13.1 Å². The van der Waals surface area contributed by atoms with E-state index in [-0.39, 0.29) is 0 Å². The Morgan fingerprint density at radius 3 is 1.69 bits per heavy atom. The van der Waals surface area contributed by atoms with Crippen molar-refractivity contribution >= 4 is 40.5 Å². The van der Waals surface area contributed by atoms with Gasteiger partial charge < -0.3 is 4.42 Å². The fourth-order valence-electron chi connectivity index (χ4n) is 8.86. The maximum absolute atomic E-state index is 6.41. The second-order valence-corrected chi connectivity index (χ2v) is 20.0. The summed E-state index contributed by atoms with van der Waals surface area (Å²) in [6.07, 6.45) is 0. The van der Waals surface area contributed by atoms with Crippen molar-refractivity contribution in [2.75, 3.05) is 0 Å². The Hall–Kier alpha value is -7.14. The number of fused-ring (bicyclic) bond motifs is 6. The minimum absolute atomic E-state index is 0.757. The van der Waals surface area contributed by atoms with Crippen LogP contribution in [0.3, 0.4) is 0 Å². The molecule has 11 rings (SSSR count). The van der Waals surface area contributed by atoms with E-state index in [0.717, 1.165) is 66.8 Å². The van der Waals surface area contributed by atoms with Gasteiger partial charge in [-0.05, 0) is 67.9 Å². The number of para-hydroxylation sites is 2. The highest BCUT2D eigenvalue weighted by molar-refractivity contribution is 7.03. The van der Waals surface area contributed by atoms with Crippen LogP contribution < -0.4 is 10.5 Å². The maximum Gasteiger partial charge on any atom is 0.159 e. The topological polar surface area (TPSA) is 38.9 Å². The highest BCUT2D eigenvalue weighted by atomic mass is 28.3. The van der Waals surface area contributed by atoms with E-state index < -0.39 is 8.07 Å². The molecule has 274 valence electrons. The molecule has 58 heavy (non-hydrogen) atoms. The molecule has 0 spiro atoms. The molecule has 2 aromatic heterocycles. The summed E-state index contributed by atoms with van der Waals surface area (Å²) in [5.41, 5.74) is 16.6. The molecule has 0 aliphatic carbocycles. The van der Waals surface area contributed by atoms with Crippen molar-refractivity contribution in [3.05, 3.63) is 194 Å². The van der Waals surface area contributed by atoms with Gasteiger partial charge in [0.05, 0.1) is 5.69 Å². The molecule has 1 aliphatic heterocycles. The molecular formula is C54H38N2OSi. The number of nitrogens with zero attached hydrogens (tertiary/aromatic N) is 2. The van der Waals surface area contributed by atoms with Crippen molar-refractivity contribution in [2.24, 2.45) is 0 Å². The van der Waals surface area contributed by atoms with Gasteiger partial charge in [0.2, 0.25) is 0 Å². The van der Waals surface area contributed by atoms with Crippen molar-refractivity contribution < 1.29 is 4.42 Å². The number of hydrogen-bond donors (Lipinski definition) is 0. The van der Waals surface area contributed by atoms with Crippen LogP contribution in [0.5, 0.6) is 0 Å². The van der Waals surface area contributed by atoms with Crippen LogP contribution in [-0.2, 0) is 0 Å². The first-order valence-corrected chi connectivity index (χ1v) is 22.9. The fourth-order valence-corrected chi connectivity index (χ4v) is 11.8. The summed E-state index contributed by atoms with van der Waals surface area (Å²) >= 11 is 0. The average Bonchev–Trinajstić information content (AvgIpc) is 3.79. The van der Waals surface area contributed by atoms with Crippen LogP contribution in [-0.4, -0.2) is 18.0 Å². The zero-order valence-corrected chi connectivity index (χ0v) is 33.3. The molecule has 0 radical (unpaired) electrons. The van der Waals surface area contributed by atoms with E-state index >= 15 is 0 Å². The van der Waals surface area contributed by atoms with Crippen LogP contribution >= 0.6 is 0 Å². The zero-order chi connectivity index (χ0) is 38.8. The predicted octanol–water partition coefficient (Wildman–Crippen LogP) is 13.2. The van der Waals surface area contributed by atoms with E-state index in [1.54, 1.807) is 0 Å². The Labute approximate surface area is 339 Å². The van der Waals surface area contributed by atoms with Gasteiger partial charge in [-0.2, -0.15) is 0 Å². The Morgan fingerprint density at radius 2 is 0.914 bits per heavy atom. The second kappa shape index (κ2) is 13.5. The van der Waals surface area contributed by atoms with E-state index in [1.807, 2.05) is 12.1 Å². The van der Waals surface area contributed by atoms with Crippen molar-refractivity contribution in [3.63, 3.8) is 0 Å². The van der Waals surface area contributed by atoms with E-state index in [0.29, 0.717) is 0 Å². The van der Waals surface area contributed by atoms with Gasteiger partial charge in [0, 0.05) is 38.3 Å². The number of furan rings is 1. The minimum atomic E-state index is -2.13. The standard InChI is InChI=1S/C54H38N2OSi/c1-58(2)49-24-9-7-20-47(49)50-51(39-31-29-38(30-32-39)44-21-12-22-46-45-19-6-8-23-48(45)57-52(44)46)55-53(56-54(50)58)43-18-11-17-42(34-43)41-16-10-15-40(33-41)37-27-25-36(26-28-37)35-13-4-3-5-14-35/h3-34H,1-2H3. The third-order valence-corrected chi connectivity index (χ3v) is 15.2. The first-order chi connectivity index (χ1) is 28.5. The summed E-state index contributed by atoms with van der Waals surface area (Å²) in [7, 11) is -2.13. The average molecular weight is 759 g/mol. The quantitative estimate of drug-likeness (QED) is 0.159. The molecule has 0 amide bonds. The van der Waals surface area contributed by atoms with Crippen LogP contribution in [0.4, 0.5) is 0 Å². The largest absolute Gasteiger partial charge is 0.455 e. The number of benzene rings is 8. The SMILES string of the molecule is C[Si]1(C)c2ccccc2-c2c(-c3ccc(-c4cccc5c4oc4ccccc45)cc3)nc(-c3cccc(-c4cccc(-c5ccc(-c6ccccc6)cc5)c4)c3)nc21. The minimum Gasteiger partial charge on any atom is -0.455 e. The van der Waals surface area contributed by atoms with Crippen molar-refractivity contribution in [2.45, 2.75) is 13.1 Å². The highest BCUT2D eigenvalue weighted by Crippen LogP contribution is 2.40. The lowest BCUT2D eigenvalue weighted by Crippen LogP contribution is -2.50. The Bertz CT molecular complexity index is 3180. The molecule has 0 unspecified atom stereocenters. The lowest BCUT2D eigenvalue weighted by molar-refractivity contribution is 0.670. The maximum atomic E-state index is 6.41. The molecule has 0 saturated carbocycles. The van der Waals surface area contributed by atoms with Crippen LogP contribution in [0.15, 0.2) is 199 Å². The zero-order valence-electron chi connectivity index (χ0n) is 32.3. The molecule has 0 N–H and O–H groups in total. The number of aromatic nitrogens is 2. The fraction of sp³-hybridized carbons (Fsp3) is 0.0370. The van der Waals surface area contributed by atoms with Gasteiger partial charge in [0.25, 0.3) is 0 Å². The smallest absolute Gasteiger partial charge is 0.159 e. The molecule has 1 aliphatic rings. The third kappa shape index (κ3) is 5.64. The normalized spacial score (nSPS) is 12.8. The third-order valence-electron chi connectivity index (χ3n) is 11.9. The van der Waals surface area contributed by atoms with E-state index in [4.69, 9.17) is 14.4 Å². The summed E-state index contributed by atoms with van der Waals surface area (Å²) in [6.45, 7) is 4.84. The van der Waals surface area contributed by atoms with Crippen molar-refractivity contribution in [1.29, 1.82) is 0 Å². The molecule has 0 fully saturated rings. The molecule has 3 heterocycles. The van der Waals surface area contributed by atoms with E-state index in [9.17, 15) is 0 Å². The van der Waals surface area contributed by atoms with Gasteiger partial charge in [-0.1, -0.05) is 189 Å². The lowest BCUT2D eigenvalue weighted by atomic mass is 9.96. The summed E-state index contributed by atoms with van der Waals surface area (Å²) in [4.78, 5) is 10.9. The predicted molar refractivity (Wildman–Crippen MR) is 244 cm³/mol. The summed E-state index contributed by atoms with van der Waals surface area (Å²) in [5, 5.41) is 4.87. The van der Waals surface area contributed by atoms with Crippen LogP contribution in [0, 0.1) is 0 Å².